The summed E-state index contributed by atoms with van der Waals surface area (Å²) in [5.74, 6) is -1.24. The molecular formula is C16H16F2N2O. The zero-order valence-electron chi connectivity index (χ0n) is 11.9. The SMILES string of the molecule is CNc1c(F)cccc1C(=O)N(C)Cc1ccccc1F. The third kappa shape index (κ3) is 3.18. The normalized spacial score (nSPS) is 10.3. The van der Waals surface area contributed by atoms with Gasteiger partial charge in [0.2, 0.25) is 0 Å². The Balaban J connectivity index is 2.24. The van der Waals surface area contributed by atoms with Crippen LogP contribution in [-0.2, 0) is 6.54 Å². The van der Waals surface area contributed by atoms with Crippen LogP contribution in [-0.4, -0.2) is 24.9 Å². The summed E-state index contributed by atoms with van der Waals surface area (Å²) in [7, 11) is 3.10. The minimum atomic E-state index is -0.498. The zero-order valence-corrected chi connectivity index (χ0v) is 11.9. The lowest BCUT2D eigenvalue weighted by molar-refractivity contribution is 0.0784. The fraction of sp³-hybridized carbons (Fsp3) is 0.188. The summed E-state index contributed by atoms with van der Waals surface area (Å²) < 4.78 is 27.3. The molecule has 0 radical (unpaired) electrons. The Labute approximate surface area is 122 Å². The lowest BCUT2D eigenvalue weighted by Gasteiger charge is -2.19. The summed E-state index contributed by atoms with van der Waals surface area (Å²) in [5, 5.41) is 2.68. The van der Waals surface area contributed by atoms with Crippen LogP contribution in [0.2, 0.25) is 0 Å². The maximum absolute atomic E-state index is 13.7. The van der Waals surface area contributed by atoms with Crippen molar-refractivity contribution in [1.29, 1.82) is 0 Å². The Kier molecular flexibility index (Phi) is 4.52. The van der Waals surface area contributed by atoms with E-state index in [4.69, 9.17) is 0 Å². The van der Waals surface area contributed by atoms with Crippen LogP contribution in [0, 0.1) is 11.6 Å². The van der Waals surface area contributed by atoms with Gasteiger partial charge in [-0.15, -0.1) is 0 Å². The van der Waals surface area contributed by atoms with E-state index in [2.05, 4.69) is 5.32 Å². The number of para-hydroxylation sites is 1. The van der Waals surface area contributed by atoms with Gasteiger partial charge in [-0.1, -0.05) is 24.3 Å². The van der Waals surface area contributed by atoms with Crippen LogP contribution in [0.3, 0.4) is 0 Å². The number of benzene rings is 2. The van der Waals surface area contributed by atoms with Crippen molar-refractivity contribution < 1.29 is 13.6 Å². The second-order valence-electron chi connectivity index (χ2n) is 4.67. The van der Waals surface area contributed by atoms with Gasteiger partial charge in [0, 0.05) is 26.2 Å². The van der Waals surface area contributed by atoms with Crippen molar-refractivity contribution >= 4 is 11.6 Å². The van der Waals surface area contributed by atoms with Gasteiger partial charge in [0.25, 0.3) is 5.91 Å². The third-order valence-electron chi connectivity index (χ3n) is 3.21. The van der Waals surface area contributed by atoms with E-state index in [0.717, 1.165) is 0 Å². The number of halogens is 2. The number of amides is 1. The monoisotopic (exact) mass is 290 g/mol. The summed E-state index contributed by atoms with van der Waals surface area (Å²) >= 11 is 0. The first-order valence-corrected chi connectivity index (χ1v) is 6.49. The van der Waals surface area contributed by atoms with Crippen molar-refractivity contribution in [1.82, 2.24) is 4.90 Å². The van der Waals surface area contributed by atoms with Gasteiger partial charge < -0.3 is 10.2 Å². The van der Waals surface area contributed by atoms with Crippen LogP contribution >= 0.6 is 0 Å². The Morgan fingerprint density at radius 1 is 1.10 bits per heavy atom. The first kappa shape index (κ1) is 15.0. The number of nitrogens with one attached hydrogen (secondary N) is 1. The highest BCUT2D eigenvalue weighted by molar-refractivity contribution is 5.99. The lowest BCUT2D eigenvalue weighted by atomic mass is 10.1. The highest BCUT2D eigenvalue weighted by atomic mass is 19.1. The number of rotatable bonds is 4. The molecule has 0 aromatic heterocycles. The van der Waals surface area contributed by atoms with Crippen molar-refractivity contribution in [2.24, 2.45) is 0 Å². The van der Waals surface area contributed by atoms with Gasteiger partial charge in [-0.3, -0.25) is 4.79 Å². The molecule has 5 heteroatoms. The van der Waals surface area contributed by atoms with Crippen LogP contribution < -0.4 is 5.32 Å². The third-order valence-corrected chi connectivity index (χ3v) is 3.21. The number of hydrogen-bond donors (Lipinski definition) is 1. The highest BCUT2D eigenvalue weighted by Gasteiger charge is 2.18. The molecule has 110 valence electrons. The molecule has 0 spiro atoms. The van der Waals surface area contributed by atoms with Crippen molar-refractivity contribution in [3.8, 4) is 0 Å². The predicted molar refractivity (Wildman–Crippen MR) is 78.1 cm³/mol. The largest absolute Gasteiger partial charge is 0.385 e. The molecule has 0 unspecified atom stereocenters. The van der Waals surface area contributed by atoms with Gasteiger partial charge in [-0.05, 0) is 18.2 Å². The molecular weight excluding hydrogens is 274 g/mol. The van der Waals surface area contributed by atoms with Crippen LogP contribution in [0.25, 0.3) is 0 Å². The molecule has 1 amide bonds. The van der Waals surface area contributed by atoms with E-state index in [1.54, 1.807) is 32.3 Å². The summed E-state index contributed by atoms with van der Waals surface area (Å²) in [6, 6.07) is 10.5. The van der Waals surface area contributed by atoms with E-state index < -0.39 is 5.82 Å². The van der Waals surface area contributed by atoms with Crippen molar-refractivity contribution in [2.45, 2.75) is 6.54 Å². The van der Waals surface area contributed by atoms with Crippen molar-refractivity contribution in [3.63, 3.8) is 0 Å². The average Bonchev–Trinajstić information content (AvgIpc) is 2.48. The number of hydrogen-bond acceptors (Lipinski definition) is 2. The second-order valence-corrected chi connectivity index (χ2v) is 4.67. The molecule has 1 N–H and O–H groups in total. The van der Waals surface area contributed by atoms with E-state index >= 15 is 0 Å². The first-order valence-electron chi connectivity index (χ1n) is 6.49. The minimum Gasteiger partial charge on any atom is -0.385 e. The van der Waals surface area contributed by atoms with E-state index in [0.29, 0.717) is 5.56 Å². The maximum Gasteiger partial charge on any atom is 0.256 e. The lowest BCUT2D eigenvalue weighted by Crippen LogP contribution is -2.27. The molecule has 2 rings (SSSR count). The van der Waals surface area contributed by atoms with Crippen molar-refractivity contribution in [3.05, 3.63) is 65.2 Å². The summed E-state index contributed by atoms with van der Waals surface area (Å²) in [5.41, 5.74) is 0.773. The molecule has 0 aliphatic rings. The van der Waals surface area contributed by atoms with Crippen LogP contribution in [0.4, 0.5) is 14.5 Å². The van der Waals surface area contributed by atoms with Gasteiger partial charge in [-0.2, -0.15) is 0 Å². The van der Waals surface area contributed by atoms with Gasteiger partial charge in [0.05, 0.1) is 11.3 Å². The number of carbonyl (C=O) groups excluding carboxylic acids is 1. The molecule has 0 fully saturated rings. The standard InChI is InChI=1S/C16H16F2N2O/c1-19-15-12(7-5-9-14(15)18)16(21)20(2)10-11-6-3-4-8-13(11)17/h3-9,19H,10H2,1-2H3. The fourth-order valence-corrected chi connectivity index (χ4v) is 2.12. The highest BCUT2D eigenvalue weighted by Crippen LogP contribution is 2.21. The molecule has 0 heterocycles. The molecule has 0 aliphatic carbocycles. The van der Waals surface area contributed by atoms with Crippen LogP contribution in [0.1, 0.15) is 15.9 Å². The Morgan fingerprint density at radius 2 is 1.76 bits per heavy atom. The fourth-order valence-electron chi connectivity index (χ4n) is 2.12. The van der Waals surface area contributed by atoms with Crippen LogP contribution in [0.15, 0.2) is 42.5 Å². The molecule has 0 saturated carbocycles. The topological polar surface area (TPSA) is 32.3 Å². The van der Waals surface area contributed by atoms with E-state index in [1.807, 2.05) is 0 Å². The first-order chi connectivity index (χ1) is 10.0. The zero-order chi connectivity index (χ0) is 15.4. The quantitative estimate of drug-likeness (QED) is 0.937. The molecule has 21 heavy (non-hydrogen) atoms. The Hall–Kier alpha value is -2.43. The van der Waals surface area contributed by atoms with Crippen molar-refractivity contribution in [2.75, 3.05) is 19.4 Å². The summed E-state index contributed by atoms with van der Waals surface area (Å²) in [4.78, 5) is 13.7. The minimum absolute atomic E-state index is 0.116. The number of carbonyl (C=O) groups is 1. The van der Waals surface area contributed by atoms with Gasteiger partial charge >= 0.3 is 0 Å². The second kappa shape index (κ2) is 6.35. The molecule has 0 saturated heterocycles. The molecule has 2 aromatic rings. The van der Waals surface area contributed by atoms with E-state index in [-0.39, 0.29) is 29.5 Å². The molecule has 0 bridgehead atoms. The average molecular weight is 290 g/mol. The molecule has 0 aliphatic heterocycles. The van der Waals surface area contributed by atoms with E-state index in [1.165, 1.54) is 29.2 Å². The van der Waals surface area contributed by atoms with Gasteiger partial charge in [0.15, 0.2) is 0 Å². The molecule has 3 nitrogen and oxygen atoms in total. The number of anilines is 1. The summed E-state index contributed by atoms with van der Waals surface area (Å²) in [6.45, 7) is 0.116. The van der Waals surface area contributed by atoms with Crippen LogP contribution in [0.5, 0.6) is 0 Å². The molecule has 0 atom stereocenters. The predicted octanol–water partition coefficient (Wildman–Crippen LogP) is 3.28. The summed E-state index contributed by atoms with van der Waals surface area (Å²) in [6.07, 6.45) is 0. The molecule has 2 aromatic carbocycles. The smallest absolute Gasteiger partial charge is 0.256 e. The maximum atomic E-state index is 13.7. The van der Waals surface area contributed by atoms with Gasteiger partial charge in [-0.25, -0.2) is 8.78 Å². The Morgan fingerprint density at radius 3 is 2.43 bits per heavy atom. The van der Waals surface area contributed by atoms with Gasteiger partial charge in [0.1, 0.15) is 11.6 Å². The Bertz CT molecular complexity index is 658. The van der Waals surface area contributed by atoms with E-state index in [9.17, 15) is 13.6 Å². The number of nitrogens with zero attached hydrogens (tertiary/aromatic N) is 1.